The molecule has 1 amide bonds. The molecule has 2 N–H and O–H groups in total. The predicted octanol–water partition coefficient (Wildman–Crippen LogP) is 3.62. The number of anilines is 1. The second-order valence-corrected chi connectivity index (χ2v) is 5.46. The average molecular weight is 307 g/mol. The molecule has 0 bridgehead atoms. The second-order valence-electron chi connectivity index (χ2n) is 4.62. The summed E-state index contributed by atoms with van der Waals surface area (Å²) in [4.78, 5) is 11.8. The van der Waals surface area contributed by atoms with Crippen LogP contribution in [0.4, 0.5) is 5.69 Å². The molecule has 0 saturated carbocycles. The molecule has 0 fully saturated rings. The molecule has 0 saturated heterocycles. The van der Waals surface area contributed by atoms with E-state index in [9.17, 15) is 4.79 Å². The maximum atomic E-state index is 11.8. The third-order valence-electron chi connectivity index (χ3n) is 3.28. The number of benzene rings is 2. The van der Waals surface area contributed by atoms with Crippen LogP contribution in [0.2, 0.25) is 10.0 Å². The molecule has 0 aliphatic carbocycles. The molecule has 102 valence electrons. The molecule has 5 heteroatoms. The van der Waals surface area contributed by atoms with E-state index < -0.39 is 0 Å². The highest BCUT2D eigenvalue weighted by molar-refractivity contribution is 6.31. The van der Waals surface area contributed by atoms with E-state index in [2.05, 4.69) is 10.6 Å². The van der Waals surface area contributed by atoms with Crippen molar-refractivity contribution >= 4 is 34.8 Å². The normalized spacial score (nSPS) is 18.1. The fourth-order valence-electron chi connectivity index (χ4n) is 2.37. The van der Waals surface area contributed by atoms with Gasteiger partial charge in [-0.05, 0) is 35.4 Å². The number of hydrogen-bond donors (Lipinski definition) is 2. The van der Waals surface area contributed by atoms with Crippen molar-refractivity contribution in [3.05, 3.63) is 63.6 Å². The molecule has 1 heterocycles. The Hall–Kier alpha value is -1.55. The van der Waals surface area contributed by atoms with Crippen LogP contribution >= 0.6 is 23.2 Å². The zero-order valence-electron chi connectivity index (χ0n) is 10.5. The molecule has 1 aliphatic rings. The van der Waals surface area contributed by atoms with E-state index in [0.717, 1.165) is 16.8 Å². The van der Waals surface area contributed by atoms with Crippen LogP contribution in [0, 0.1) is 0 Å². The molecular formula is C15H12Cl2N2O. The lowest BCUT2D eigenvalue weighted by atomic mass is 9.97. The topological polar surface area (TPSA) is 41.1 Å². The quantitative estimate of drug-likeness (QED) is 0.845. The average Bonchev–Trinajstić information content (AvgIpc) is 2.58. The van der Waals surface area contributed by atoms with Gasteiger partial charge in [-0.2, -0.15) is 0 Å². The van der Waals surface area contributed by atoms with Crippen molar-refractivity contribution in [2.24, 2.45) is 0 Å². The summed E-state index contributed by atoms with van der Waals surface area (Å²) in [6, 6.07) is 12.8. The Morgan fingerprint density at radius 2 is 1.85 bits per heavy atom. The number of fused-ring (bicyclic) bond motifs is 1. The molecule has 1 unspecified atom stereocenters. The van der Waals surface area contributed by atoms with Gasteiger partial charge in [0.05, 0.1) is 12.6 Å². The minimum Gasteiger partial charge on any atom is -0.325 e. The third-order valence-corrected chi connectivity index (χ3v) is 3.86. The number of rotatable bonds is 1. The fourth-order valence-corrected chi connectivity index (χ4v) is 2.80. The second kappa shape index (κ2) is 5.44. The van der Waals surface area contributed by atoms with Gasteiger partial charge in [-0.3, -0.25) is 10.1 Å². The van der Waals surface area contributed by atoms with Gasteiger partial charge in [0.15, 0.2) is 0 Å². The van der Waals surface area contributed by atoms with Crippen molar-refractivity contribution in [2.45, 2.75) is 6.04 Å². The van der Waals surface area contributed by atoms with Crippen LogP contribution in [0.3, 0.4) is 0 Å². The highest BCUT2D eigenvalue weighted by Crippen LogP contribution is 2.35. The molecule has 1 atom stereocenters. The smallest absolute Gasteiger partial charge is 0.238 e. The van der Waals surface area contributed by atoms with Gasteiger partial charge in [0, 0.05) is 15.7 Å². The van der Waals surface area contributed by atoms with E-state index in [1.165, 1.54) is 0 Å². The summed E-state index contributed by atoms with van der Waals surface area (Å²) >= 11 is 12.4. The van der Waals surface area contributed by atoms with Crippen molar-refractivity contribution in [1.29, 1.82) is 0 Å². The summed E-state index contributed by atoms with van der Waals surface area (Å²) in [5.41, 5.74) is 2.60. The van der Waals surface area contributed by atoms with Crippen molar-refractivity contribution in [3.8, 4) is 0 Å². The zero-order chi connectivity index (χ0) is 14.1. The lowest BCUT2D eigenvalue weighted by molar-refractivity contribution is -0.115. The number of halogens is 2. The largest absolute Gasteiger partial charge is 0.325 e. The standard InChI is InChI=1S/C15H12Cl2N2O/c16-9-5-6-13-11(7-9)15(18-8-14(20)19-13)10-3-1-2-4-12(10)17/h1-7,15,18H,8H2,(H,19,20). The maximum Gasteiger partial charge on any atom is 0.238 e. The molecule has 20 heavy (non-hydrogen) atoms. The first-order valence-corrected chi connectivity index (χ1v) is 6.98. The minimum absolute atomic E-state index is 0.0804. The van der Waals surface area contributed by atoms with Gasteiger partial charge in [-0.1, -0.05) is 41.4 Å². The molecule has 0 aromatic heterocycles. The zero-order valence-corrected chi connectivity index (χ0v) is 12.0. The first-order chi connectivity index (χ1) is 9.65. The van der Waals surface area contributed by atoms with Crippen molar-refractivity contribution in [3.63, 3.8) is 0 Å². The van der Waals surface area contributed by atoms with E-state index in [0.29, 0.717) is 10.0 Å². The number of amides is 1. The lowest BCUT2D eigenvalue weighted by Crippen LogP contribution is -2.27. The third kappa shape index (κ3) is 2.52. The van der Waals surface area contributed by atoms with Crippen molar-refractivity contribution in [1.82, 2.24) is 5.32 Å². The van der Waals surface area contributed by atoms with Gasteiger partial charge in [-0.15, -0.1) is 0 Å². The summed E-state index contributed by atoms with van der Waals surface area (Å²) < 4.78 is 0. The Morgan fingerprint density at radius 1 is 1.05 bits per heavy atom. The first kappa shape index (κ1) is 13.4. The van der Waals surface area contributed by atoms with Crippen molar-refractivity contribution in [2.75, 3.05) is 11.9 Å². The van der Waals surface area contributed by atoms with Crippen LogP contribution in [0.25, 0.3) is 0 Å². The number of nitrogens with one attached hydrogen (secondary N) is 2. The highest BCUT2D eigenvalue weighted by Gasteiger charge is 2.24. The summed E-state index contributed by atoms with van der Waals surface area (Å²) in [5.74, 6) is -0.0804. The number of carbonyl (C=O) groups is 1. The highest BCUT2D eigenvalue weighted by atomic mass is 35.5. The summed E-state index contributed by atoms with van der Waals surface area (Å²) in [5, 5.41) is 7.36. The summed E-state index contributed by atoms with van der Waals surface area (Å²) in [7, 11) is 0. The Bertz CT molecular complexity index is 673. The minimum atomic E-state index is -0.170. The molecule has 0 spiro atoms. The van der Waals surface area contributed by atoms with Crippen LogP contribution in [-0.2, 0) is 4.79 Å². The monoisotopic (exact) mass is 306 g/mol. The number of hydrogen-bond acceptors (Lipinski definition) is 2. The van der Waals surface area contributed by atoms with Gasteiger partial charge in [0.2, 0.25) is 5.91 Å². The molecule has 2 aromatic rings. The number of carbonyl (C=O) groups excluding carboxylic acids is 1. The Morgan fingerprint density at radius 3 is 2.65 bits per heavy atom. The molecular weight excluding hydrogens is 295 g/mol. The molecule has 2 aromatic carbocycles. The van der Waals surface area contributed by atoms with E-state index in [-0.39, 0.29) is 18.5 Å². The molecule has 1 aliphatic heterocycles. The lowest BCUT2D eigenvalue weighted by Gasteiger charge is -2.19. The predicted molar refractivity (Wildman–Crippen MR) is 81.4 cm³/mol. The van der Waals surface area contributed by atoms with Crippen molar-refractivity contribution < 1.29 is 4.79 Å². The van der Waals surface area contributed by atoms with Crippen LogP contribution in [0.1, 0.15) is 17.2 Å². The van der Waals surface area contributed by atoms with Gasteiger partial charge >= 0.3 is 0 Å². The summed E-state index contributed by atoms with van der Waals surface area (Å²) in [6.07, 6.45) is 0. The van der Waals surface area contributed by atoms with Gasteiger partial charge < -0.3 is 5.32 Å². The Balaban J connectivity index is 2.15. The molecule has 3 nitrogen and oxygen atoms in total. The van der Waals surface area contributed by atoms with E-state index >= 15 is 0 Å². The summed E-state index contributed by atoms with van der Waals surface area (Å²) in [6.45, 7) is 0.224. The molecule has 0 radical (unpaired) electrons. The van der Waals surface area contributed by atoms with E-state index in [4.69, 9.17) is 23.2 Å². The van der Waals surface area contributed by atoms with Crippen LogP contribution in [-0.4, -0.2) is 12.5 Å². The van der Waals surface area contributed by atoms with E-state index in [1.54, 1.807) is 6.07 Å². The SMILES string of the molecule is O=C1CNC(c2ccccc2Cl)c2cc(Cl)ccc2N1. The van der Waals surface area contributed by atoms with Crippen LogP contribution in [0.5, 0.6) is 0 Å². The van der Waals surface area contributed by atoms with Gasteiger partial charge in [0.25, 0.3) is 0 Å². The Kier molecular flexibility index (Phi) is 3.66. The first-order valence-electron chi connectivity index (χ1n) is 6.22. The van der Waals surface area contributed by atoms with Gasteiger partial charge in [-0.25, -0.2) is 0 Å². The molecule has 3 rings (SSSR count). The Labute approximate surface area is 126 Å². The van der Waals surface area contributed by atoms with Crippen LogP contribution in [0.15, 0.2) is 42.5 Å². The van der Waals surface area contributed by atoms with E-state index in [1.807, 2.05) is 36.4 Å². The fraction of sp³-hybridized carbons (Fsp3) is 0.133. The maximum absolute atomic E-state index is 11.8. The van der Waals surface area contributed by atoms with Crippen LogP contribution < -0.4 is 10.6 Å². The van der Waals surface area contributed by atoms with Gasteiger partial charge in [0.1, 0.15) is 0 Å².